The normalized spacial score (nSPS) is 12.0. The first kappa shape index (κ1) is 45.5. The van der Waals surface area contributed by atoms with E-state index in [1.54, 1.807) is 0 Å². The number of benzene rings is 14. The van der Waals surface area contributed by atoms with Gasteiger partial charge in [-0.1, -0.05) is 194 Å². The minimum atomic E-state index is 1.10. The van der Waals surface area contributed by atoms with Crippen LogP contribution in [0.2, 0.25) is 0 Å². The van der Waals surface area contributed by atoms with Crippen LogP contribution in [0.4, 0.5) is 34.1 Å². The Balaban J connectivity index is 0.968. The molecule has 0 saturated carbocycles. The van der Waals surface area contributed by atoms with Gasteiger partial charge in [-0.05, 0) is 119 Å². The Bertz CT molecular complexity index is 4870. The summed E-state index contributed by atoms with van der Waals surface area (Å²) in [6, 6.07) is 107. The van der Waals surface area contributed by atoms with E-state index < -0.39 is 0 Å². The summed E-state index contributed by atoms with van der Waals surface area (Å²) >= 11 is 1.94. The SMILES string of the molecule is c1ccc(-n2c3ccc(N(c4cccc5ccccc45)c4cccc5ccccc45)cc3c3c4sc5c(ccc6c5c5cc(N(c7cccc8ccccc78)c7cccc8ccccc78)ccc5n6-c5ccccc5)c4ccc32)cc1. The molecule has 0 bridgehead atoms. The first-order valence-electron chi connectivity index (χ1n) is 27.7. The van der Waals surface area contributed by atoms with E-state index in [1.165, 1.54) is 95.8 Å². The minimum Gasteiger partial charge on any atom is -0.309 e. The summed E-state index contributed by atoms with van der Waals surface area (Å²) in [5.74, 6) is 0. The van der Waals surface area contributed by atoms with Crippen LogP contribution in [0.1, 0.15) is 0 Å². The predicted octanol–water partition coefficient (Wildman–Crippen LogP) is 21.8. The molecule has 0 saturated heterocycles. The van der Waals surface area contributed by atoms with Gasteiger partial charge in [0.05, 0.1) is 44.8 Å². The molecule has 3 aromatic heterocycles. The number of anilines is 6. The lowest BCUT2D eigenvalue weighted by Crippen LogP contribution is -2.11. The monoisotopic (exact) mass is 1050 g/mol. The Kier molecular flexibility index (Phi) is 10.1. The highest BCUT2D eigenvalue weighted by atomic mass is 32.1. The van der Waals surface area contributed by atoms with E-state index in [4.69, 9.17) is 0 Å². The van der Waals surface area contributed by atoms with Crippen molar-refractivity contribution in [1.29, 1.82) is 0 Å². The predicted molar refractivity (Wildman–Crippen MR) is 347 cm³/mol. The summed E-state index contributed by atoms with van der Waals surface area (Å²) in [4.78, 5) is 4.97. The summed E-state index contributed by atoms with van der Waals surface area (Å²) in [6.45, 7) is 0. The zero-order valence-corrected chi connectivity index (χ0v) is 44.7. The van der Waals surface area contributed by atoms with Crippen LogP contribution in [0.5, 0.6) is 0 Å². The molecule has 0 spiro atoms. The molecule has 0 unspecified atom stereocenters. The van der Waals surface area contributed by atoms with Crippen LogP contribution >= 0.6 is 11.3 Å². The fourth-order valence-corrected chi connectivity index (χ4v) is 14.7. The van der Waals surface area contributed by atoms with Crippen molar-refractivity contribution >= 4 is 152 Å². The molecule has 17 aromatic rings. The van der Waals surface area contributed by atoms with Crippen molar-refractivity contribution in [3.63, 3.8) is 0 Å². The molecule has 0 aliphatic rings. The second kappa shape index (κ2) is 18.0. The van der Waals surface area contributed by atoms with Gasteiger partial charge in [-0.15, -0.1) is 11.3 Å². The van der Waals surface area contributed by atoms with Crippen LogP contribution in [0, 0.1) is 0 Å². The van der Waals surface area contributed by atoms with Crippen molar-refractivity contribution in [3.8, 4) is 11.4 Å². The highest BCUT2D eigenvalue weighted by molar-refractivity contribution is 7.27. The van der Waals surface area contributed by atoms with Crippen molar-refractivity contribution in [2.24, 2.45) is 0 Å². The molecule has 0 atom stereocenters. The molecule has 81 heavy (non-hydrogen) atoms. The van der Waals surface area contributed by atoms with E-state index in [1.807, 2.05) is 11.3 Å². The summed E-state index contributed by atoms with van der Waals surface area (Å²) in [5.41, 5.74) is 13.7. The first-order chi connectivity index (χ1) is 40.2. The molecule has 0 N–H and O–H groups in total. The molecular formula is C76H48N4S. The second-order valence-corrected chi connectivity index (χ2v) is 22.2. The third kappa shape index (κ3) is 6.96. The van der Waals surface area contributed by atoms with Crippen molar-refractivity contribution in [3.05, 3.63) is 291 Å². The van der Waals surface area contributed by atoms with Crippen LogP contribution in [-0.2, 0) is 0 Å². The van der Waals surface area contributed by atoms with E-state index in [0.29, 0.717) is 0 Å². The summed E-state index contributed by atoms with van der Waals surface area (Å²) in [6.07, 6.45) is 0. The number of aromatic nitrogens is 2. The summed E-state index contributed by atoms with van der Waals surface area (Å²) < 4.78 is 7.49. The van der Waals surface area contributed by atoms with Gasteiger partial charge in [0.25, 0.3) is 0 Å². The molecule has 5 heteroatoms. The van der Waals surface area contributed by atoms with Gasteiger partial charge in [0, 0.05) is 86.0 Å². The Morgan fingerprint density at radius 1 is 0.235 bits per heavy atom. The lowest BCUT2D eigenvalue weighted by atomic mass is 10.0. The maximum atomic E-state index is 2.49. The summed E-state index contributed by atoms with van der Waals surface area (Å²) in [5, 5.41) is 17.1. The highest BCUT2D eigenvalue weighted by Crippen LogP contribution is 2.51. The molecule has 0 radical (unpaired) electrons. The Morgan fingerprint density at radius 3 is 0.901 bits per heavy atom. The van der Waals surface area contributed by atoms with Crippen LogP contribution in [0.15, 0.2) is 291 Å². The Morgan fingerprint density at radius 2 is 0.543 bits per heavy atom. The fraction of sp³-hybridized carbons (Fsp3) is 0. The van der Waals surface area contributed by atoms with Gasteiger partial charge in [0.1, 0.15) is 0 Å². The zero-order chi connectivity index (χ0) is 53.1. The average molecular weight is 1050 g/mol. The molecule has 14 aromatic carbocycles. The van der Waals surface area contributed by atoms with Gasteiger partial charge >= 0.3 is 0 Å². The van der Waals surface area contributed by atoms with Crippen molar-refractivity contribution in [2.45, 2.75) is 0 Å². The Hall–Kier alpha value is -10.5. The topological polar surface area (TPSA) is 16.3 Å². The van der Waals surface area contributed by atoms with Crippen molar-refractivity contribution in [1.82, 2.24) is 9.13 Å². The molecule has 0 amide bonds. The number of rotatable bonds is 8. The van der Waals surface area contributed by atoms with E-state index in [-0.39, 0.29) is 0 Å². The zero-order valence-electron chi connectivity index (χ0n) is 43.9. The van der Waals surface area contributed by atoms with E-state index in [2.05, 4.69) is 310 Å². The lowest BCUT2D eigenvalue weighted by molar-refractivity contribution is 1.18. The van der Waals surface area contributed by atoms with Crippen molar-refractivity contribution in [2.75, 3.05) is 9.80 Å². The average Bonchev–Trinajstić information content (AvgIpc) is 3.66. The molecule has 17 rings (SSSR count). The molecule has 0 aliphatic heterocycles. The standard InChI is InChI=1S/C76H48N4S/c1-3-27-53(28-4-1)77-69-43-39-55(79(65-35-15-23-49-19-7-11-31-57(49)65)66-36-16-24-50-20-8-12-32-58(50)66)47-63(69)73-71(77)45-41-61-62-42-46-72-74(76(62)81-75(61)73)64-48-56(40-44-70(64)78(72)54-29-5-2-6-30-54)80(67-37-17-25-51-21-9-13-33-59(51)67)68-38-18-26-52-22-10-14-34-60(52)68/h1-48H. The number of hydrogen-bond acceptors (Lipinski definition) is 3. The molecular weight excluding hydrogens is 1000 g/mol. The number of fused-ring (bicyclic) bond motifs is 15. The van der Waals surface area contributed by atoms with Gasteiger partial charge in [-0.25, -0.2) is 0 Å². The maximum Gasteiger partial charge on any atom is 0.0555 e. The quantitative estimate of drug-likeness (QED) is 0.151. The third-order valence-electron chi connectivity index (χ3n) is 16.8. The van der Waals surface area contributed by atoms with Crippen LogP contribution in [-0.4, -0.2) is 9.13 Å². The summed E-state index contributed by atoms with van der Waals surface area (Å²) in [7, 11) is 0. The first-order valence-corrected chi connectivity index (χ1v) is 28.6. The van der Waals surface area contributed by atoms with E-state index >= 15 is 0 Å². The highest BCUT2D eigenvalue weighted by Gasteiger charge is 2.26. The maximum absolute atomic E-state index is 2.49. The molecule has 3 heterocycles. The molecule has 0 aliphatic carbocycles. The smallest absolute Gasteiger partial charge is 0.0555 e. The largest absolute Gasteiger partial charge is 0.309 e. The molecule has 0 fully saturated rings. The van der Waals surface area contributed by atoms with Gasteiger partial charge in [-0.3, -0.25) is 0 Å². The van der Waals surface area contributed by atoms with Crippen molar-refractivity contribution < 1.29 is 0 Å². The van der Waals surface area contributed by atoms with Gasteiger partial charge in [0.2, 0.25) is 0 Å². The van der Waals surface area contributed by atoms with Crippen LogP contribution in [0.3, 0.4) is 0 Å². The number of nitrogens with zero attached hydrogens (tertiary/aromatic N) is 4. The molecule has 378 valence electrons. The number of para-hydroxylation sites is 2. The van der Waals surface area contributed by atoms with E-state index in [9.17, 15) is 0 Å². The molecule has 4 nitrogen and oxygen atoms in total. The minimum absolute atomic E-state index is 1.10. The second-order valence-electron chi connectivity index (χ2n) is 21.2. The Labute approximate surface area is 471 Å². The number of hydrogen-bond donors (Lipinski definition) is 0. The fourth-order valence-electron chi connectivity index (χ4n) is 13.3. The van der Waals surface area contributed by atoms with E-state index in [0.717, 1.165) is 56.5 Å². The van der Waals surface area contributed by atoms with Gasteiger partial charge < -0.3 is 18.9 Å². The van der Waals surface area contributed by atoms with Crippen LogP contribution < -0.4 is 9.80 Å². The number of thiophene rings is 1. The van der Waals surface area contributed by atoms with Gasteiger partial charge in [0.15, 0.2) is 0 Å². The third-order valence-corrected chi connectivity index (χ3v) is 18.1. The van der Waals surface area contributed by atoms with Crippen LogP contribution in [0.25, 0.3) is 118 Å². The van der Waals surface area contributed by atoms with Gasteiger partial charge in [-0.2, -0.15) is 0 Å². The lowest BCUT2D eigenvalue weighted by Gasteiger charge is -2.28.